The molecule has 0 N–H and O–H groups in total. The highest BCUT2D eigenvalue weighted by Gasteiger charge is 2.49. The van der Waals surface area contributed by atoms with Gasteiger partial charge in [0.15, 0.2) is 4.90 Å². The zero-order valence-electron chi connectivity index (χ0n) is 12.4. The van der Waals surface area contributed by atoms with Gasteiger partial charge in [0.1, 0.15) is 10.5 Å². The van der Waals surface area contributed by atoms with E-state index in [1.165, 1.54) is 36.8 Å². The van der Waals surface area contributed by atoms with Gasteiger partial charge in [0, 0.05) is 36.6 Å². The lowest BCUT2D eigenvalue weighted by Gasteiger charge is -2.24. The fourth-order valence-corrected chi connectivity index (χ4v) is 6.88. The number of fused-ring (bicyclic) bond motifs is 2. The maximum Gasteiger partial charge on any atom is 0.155 e. The van der Waals surface area contributed by atoms with E-state index in [9.17, 15) is 0 Å². The molecule has 102 valence electrons. The van der Waals surface area contributed by atoms with Crippen LogP contribution in [0.2, 0.25) is 0 Å². The second-order valence-electron chi connectivity index (χ2n) is 7.13. The van der Waals surface area contributed by atoms with Crippen LogP contribution in [0.1, 0.15) is 52.0 Å². The standard InChI is InChI=1S/C18H25S/c1-13-11-16-9-10-17(12-13)19(16)15-7-5-14(6-8-15)18(2,3)4/h5-8,16-17H,1,9-12H2,2-4H3/q+1. The van der Waals surface area contributed by atoms with E-state index in [-0.39, 0.29) is 5.41 Å². The van der Waals surface area contributed by atoms with Crippen LogP contribution in [0.15, 0.2) is 41.3 Å². The van der Waals surface area contributed by atoms with Gasteiger partial charge >= 0.3 is 0 Å². The lowest BCUT2D eigenvalue weighted by molar-refractivity contribution is 0.589. The van der Waals surface area contributed by atoms with Gasteiger partial charge in [-0.15, -0.1) is 0 Å². The highest BCUT2D eigenvalue weighted by Crippen LogP contribution is 2.45. The topological polar surface area (TPSA) is 0 Å². The van der Waals surface area contributed by atoms with E-state index in [2.05, 4.69) is 51.6 Å². The molecule has 1 aromatic rings. The molecule has 1 aromatic carbocycles. The third-order valence-corrected chi connectivity index (χ3v) is 7.61. The molecule has 19 heavy (non-hydrogen) atoms. The Kier molecular flexibility index (Phi) is 3.29. The summed E-state index contributed by atoms with van der Waals surface area (Å²) in [6.45, 7) is 11.1. The molecular formula is C18H25S+. The van der Waals surface area contributed by atoms with Crippen LogP contribution in [0.25, 0.3) is 0 Å². The van der Waals surface area contributed by atoms with E-state index in [0.717, 1.165) is 10.5 Å². The number of benzene rings is 1. The Morgan fingerprint density at radius 2 is 1.53 bits per heavy atom. The maximum atomic E-state index is 4.23. The Balaban J connectivity index is 1.86. The van der Waals surface area contributed by atoms with E-state index >= 15 is 0 Å². The van der Waals surface area contributed by atoms with Crippen molar-refractivity contribution in [3.05, 3.63) is 42.0 Å². The maximum absolute atomic E-state index is 4.23. The van der Waals surface area contributed by atoms with Crippen molar-refractivity contribution in [2.24, 2.45) is 0 Å². The first-order valence-electron chi connectivity index (χ1n) is 7.44. The fraction of sp³-hybridized carbons (Fsp3) is 0.556. The second-order valence-corrected chi connectivity index (χ2v) is 9.67. The molecule has 1 heteroatoms. The second kappa shape index (κ2) is 4.70. The molecule has 3 rings (SSSR count). The summed E-state index contributed by atoms with van der Waals surface area (Å²) < 4.78 is 0. The predicted molar refractivity (Wildman–Crippen MR) is 86.0 cm³/mol. The quantitative estimate of drug-likeness (QED) is 0.507. The molecule has 2 heterocycles. The molecule has 2 unspecified atom stereocenters. The number of rotatable bonds is 1. The van der Waals surface area contributed by atoms with E-state index < -0.39 is 0 Å². The Morgan fingerprint density at radius 1 is 1.00 bits per heavy atom. The van der Waals surface area contributed by atoms with Gasteiger partial charge in [-0.3, -0.25) is 0 Å². The van der Waals surface area contributed by atoms with Gasteiger partial charge in [0.2, 0.25) is 0 Å². The zero-order valence-corrected chi connectivity index (χ0v) is 13.2. The summed E-state index contributed by atoms with van der Waals surface area (Å²) in [7, 11) is 0.497. The Morgan fingerprint density at radius 3 is 2.00 bits per heavy atom. The predicted octanol–water partition coefficient (Wildman–Crippen LogP) is 4.84. The van der Waals surface area contributed by atoms with Crippen LogP contribution in [-0.4, -0.2) is 10.5 Å². The van der Waals surface area contributed by atoms with Gasteiger partial charge in [-0.25, -0.2) is 0 Å². The molecule has 0 aliphatic carbocycles. The van der Waals surface area contributed by atoms with Crippen LogP contribution < -0.4 is 0 Å². The highest BCUT2D eigenvalue weighted by molar-refractivity contribution is 7.98. The number of hydrogen-bond donors (Lipinski definition) is 0. The molecule has 0 spiro atoms. The lowest BCUT2D eigenvalue weighted by Crippen LogP contribution is -2.29. The number of allylic oxidation sites excluding steroid dienone is 1. The molecule has 2 saturated heterocycles. The minimum atomic E-state index is 0.265. The summed E-state index contributed by atoms with van der Waals surface area (Å²) >= 11 is 0. The van der Waals surface area contributed by atoms with E-state index in [0.29, 0.717) is 10.9 Å². The van der Waals surface area contributed by atoms with Crippen LogP contribution in [0.4, 0.5) is 0 Å². The summed E-state index contributed by atoms with van der Waals surface area (Å²) in [5.41, 5.74) is 3.22. The molecule has 2 aliphatic rings. The van der Waals surface area contributed by atoms with Crippen LogP contribution in [0, 0.1) is 0 Å². The molecule has 0 saturated carbocycles. The van der Waals surface area contributed by atoms with Crippen molar-refractivity contribution in [1.82, 2.24) is 0 Å². The van der Waals surface area contributed by atoms with Gasteiger partial charge in [0.05, 0.1) is 0 Å². The van der Waals surface area contributed by atoms with E-state index in [1.54, 1.807) is 4.90 Å². The molecule has 0 nitrogen and oxygen atoms in total. The summed E-state index contributed by atoms with van der Waals surface area (Å²) in [6, 6.07) is 9.52. The fourth-order valence-electron chi connectivity index (χ4n) is 3.51. The summed E-state index contributed by atoms with van der Waals surface area (Å²) in [5.74, 6) is 0. The molecule has 2 bridgehead atoms. The summed E-state index contributed by atoms with van der Waals surface area (Å²) in [6.07, 6.45) is 5.41. The first kappa shape index (κ1) is 13.3. The molecule has 0 aromatic heterocycles. The molecule has 2 fully saturated rings. The lowest BCUT2D eigenvalue weighted by atomic mass is 9.87. The smallest absolute Gasteiger partial charge is 0.0995 e. The molecule has 2 aliphatic heterocycles. The molecular weight excluding hydrogens is 248 g/mol. The minimum absolute atomic E-state index is 0.265. The van der Waals surface area contributed by atoms with Crippen molar-refractivity contribution < 1.29 is 0 Å². The average Bonchev–Trinajstić information content (AvgIpc) is 2.61. The van der Waals surface area contributed by atoms with Gasteiger partial charge in [-0.1, -0.05) is 45.1 Å². The third-order valence-electron chi connectivity index (χ3n) is 4.55. The van der Waals surface area contributed by atoms with Crippen molar-refractivity contribution in [2.75, 3.05) is 0 Å². The van der Waals surface area contributed by atoms with Crippen molar-refractivity contribution in [3.8, 4) is 0 Å². The minimum Gasteiger partial charge on any atom is -0.0995 e. The van der Waals surface area contributed by atoms with Gasteiger partial charge in [-0.2, -0.15) is 0 Å². The largest absolute Gasteiger partial charge is 0.155 e. The van der Waals surface area contributed by atoms with Crippen LogP contribution in [0.3, 0.4) is 0 Å². The Hall–Kier alpha value is -0.690. The van der Waals surface area contributed by atoms with E-state index in [1.807, 2.05) is 0 Å². The van der Waals surface area contributed by atoms with Crippen molar-refractivity contribution >= 4 is 10.9 Å². The van der Waals surface area contributed by atoms with Gasteiger partial charge in [0.25, 0.3) is 0 Å². The monoisotopic (exact) mass is 273 g/mol. The van der Waals surface area contributed by atoms with E-state index in [4.69, 9.17) is 0 Å². The first-order chi connectivity index (χ1) is 8.95. The van der Waals surface area contributed by atoms with Crippen molar-refractivity contribution in [3.63, 3.8) is 0 Å². The summed E-state index contributed by atoms with van der Waals surface area (Å²) in [5, 5.41) is 1.79. The first-order valence-corrected chi connectivity index (χ1v) is 8.79. The zero-order chi connectivity index (χ0) is 13.6. The van der Waals surface area contributed by atoms with Crippen molar-refractivity contribution in [2.45, 2.75) is 67.3 Å². The SMILES string of the molecule is C=C1CC2CCC(C1)[S+]2c1ccc(C(C)(C)C)cc1. The van der Waals surface area contributed by atoms with Gasteiger partial charge < -0.3 is 0 Å². The highest BCUT2D eigenvalue weighted by atomic mass is 32.2. The normalized spacial score (nSPS) is 30.7. The Labute approximate surface area is 120 Å². The third kappa shape index (κ3) is 2.50. The summed E-state index contributed by atoms with van der Waals surface area (Å²) in [4.78, 5) is 1.60. The number of hydrogen-bond acceptors (Lipinski definition) is 0. The van der Waals surface area contributed by atoms with Crippen LogP contribution in [0.5, 0.6) is 0 Å². The average molecular weight is 273 g/mol. The molecule has 2 atom stereocenters. The van der Waals surface area contributed by atoms with Crippen LogP contribution in [-0.2, 0) is 16.3 Å². The Bertz CT molecular complexity index is 461. The van der Waals surface area contributed by atoms with Crippen LogP contribution >= 0.6 is 0 Å². The van der Waals surface area contributed by atoms with Gasteiger partial charge in [-0.05, 0) is 23.1 Å². The van der Waals surface area contributed by atoms with Crippen molar-refractivity contribution in [1.29, 1.82) is 0 Å². The molecule has 0 radical (unpaired) electrons. The molecule has 0 amide bonds.